The van der Waals surface area contributed by atoms with Crippen molar-refractivity contribution in [1.29, 1.82) is 0 Å². The fourth-order valence-electron chi connectivity index (χ4n) is 3.02. The van der Waals surface area contributed by atoms with Crippen molar-refractivity contribution in [3.05, 3.63) is 58.1 Å². The summed E-state index contributed by atoms with van der Waals surface area (Å²) in [5.41, 5.74) is -1.84. The fraction of sp³-hybridized carbons (Fsp3) is 0.174. The molecule has 0 spiro atoms. The Labute approximate surface area is 197 Å². The second kappa shape index (κ2) is 9.89. The quantitative estimate of drug-likeness (QED) is 0.366. The Kier molecular flexibility index (Phi) is 7.17. The van der Waals surface area contributed by atoms with Crippen molar-refractivity contribution in [1.82, 2.24) is 5.32 Å². The van der Waals surface area contributed by atoms with Gasteiger partial charge in [-0.1, -0.05) is 23.6 Å². The molecule has 3 rings (SSSR count). The van der Waals surface area contributed by atoms with E-state index in [1.165, 1.54) is 18.2 Å². The second-order valence-corrected chi connectivity index (χ2v) is 7.16. The van der Waals surface area contributed by atoms with Gasteiger partial charge in [0.05, 0.1) is 22.9 Å². The lowest BCUT2D eigenvalue weighted by molar-refractivity contribution is -0.137. The number of barbiturate groups is 1. The first-order valence-corrected chi connectivity index (χ1v) is 10.1. The van der Waals surface area contributed by atoms with E-state index >= 15 is 0 Å². The Balaban J connectivity index is 2.03. The van der Waals surface area contributed by atoms with Gasteiger partial charge in [0.1, 0.15) is 12.2 Å². The van der Waals surface area contributed by atoms with Gasteiger partial charge in [0, 0.05) is 0 Å². The second-order valence-electron chi connectivity index (χ2n) is 6.75. The lowest BCUT2D eigenvalue weighted by Crippen LogP contribution is -2.54. The molecule has 1 heterocycles. The molecule has 1 aliphatic heterocycles. The van der Waals surface area contributed by atoms with Gasteiger partial charge in [-0.25, -0.2) is 9.69 Å². The monoisotopic (exact) mass is 492 g/mol. The van der Waals surface area contributed by atoms with E-state index in [0.717, 1.165) is 12.1 Å². The van der Waals surface area contributed by atoms with Crippen molar-refractivity contribution in [2.24, 2.45) is 0 Å². The first kappa shape index (κ1) is 24.7. The number of carbonyl (C=O) groups is 3. The van der Waals surface area contributed by atoms with Gasteiger partial charge in [-0.15, -0.1) is 6.42 Å². The molecular weight excluding hydrogens is 477 g/mol. The van der Waals surface area contributed by atoms with Gasteiger partial charge < -0.3 is 9.47 Å². The smallest absolute Gasteiger partial charge is 0.416 e. The highest BCUT2D eigenvalue weighted by Crippen LogP contribution is 2.37. The summed E-state index contributed by atoms with van der Waals surface area (Å²) in [6, 6.07) is 5.41. The Hall–Kier alpha value is -3.97. The number of anilines is 1. The molecule has 4 amide bonds. The number of benzene rings is 2. The number of nitrogens with zero attached hydrogens (tertiary/aromatic N) is 1. The van der Waals surface area contributed by atoms with E-state index in [2.05, 4.69) is 5.92 Å². The highest BCUT2D eigenvalue weighted by atomic mass is 35.5. The molecule has 1 fully saturated rings. The Morgan fingerprint density at radius 2 is 1.85 bits per heavy atom. The van der Waals surface area contributed by atoms with Crippen LogP contribution in [0.5, 0.6) is 11.5 Å². The minimum Gasteiger partial charge on any atom is -0.490 e. The molecule has 1 aliphatic rings. The number of alkyl halides is 3. The fourth-order valence-corrected chi connectivity index (χ4v) is 3.23. The van der Waals surface area contributed by atoms with E-state index in [1.807, 2.05) is 5.32 Å². The van der Waals surface area contributed by atoms with Crippen LogP contribution in [0.4, 0.5) is 23.7 Å². The van der Waals surface area contributed by atoms with Crippen LogP contribution in [0.3, 0.4) is 0 Å². The van der Waals surface area contributed by atoms with Gasteiger partial charge in [-0.2, -0.15) is 13.2 Å². The van der Waals surface area contributed by atoms with Crippen molar-refractivity contribution in [3.8, 4) is 23.8 Å². The number of urea groups is 1. The number of hydrogen-bond acceptors (Lipinski definition) is 5. The maximum Gasteiger partial charge on any atom is 0.416 e. The van der Waals surface area contributed by atoms with Crippen molar-refractivity contribution in [2.45, 2.75) is 13.1 Å². The standard InChI is InChI=1S/C23H16ClF3N2O5/c1-3-9-34-18-8-5-13(11-19(18)33-4-2)10-15-20(30)28-22(32)29(21(15)31)17-12-14(23(25,26)27)6-7-16(17)24/h1,5-8,10-12H,4,9H2,2H3,(H,28,30,32). The van der Waals surface area contributed by atoms with E-state index < -0.39 is 40.8 Å². The molecule has 176 valence electrons. The van der Waals surface area contributed by atoms with Crippen LogP contribution in [-0.4, -0.2) is 31.1 Å². The third-order valence-corrected chi connectivity index (χ3v) is 4.83. The normalized spacial score (nSPS) is 15.2. The third kappa shape index (κ3) is 5.15. The molecule has 2 aromatic rings. The number of imide groups is 2. The molecule has 0 aromatic heterocycles. The minimum atomic E-state index is -4.75. The van der Waals surface area contributed by atoms with E-state index in [-0.39, 0.29) is 24.0 Å². The summed E-state index contributed by atoms with van der Waals surface area (Å²) in [6.07, 6.45) is 1.60. The first-order valence-electron chi connectivity index (χ1n) is 9.68. The Morgan fingerprint density at radius 3 is 2.50 bits per heavy atom. The highest BCUT2D eigenvalue weighted by molar-refractivity contribution is 6.42. The zero-order chi connectivity index (χ0) is 25.0. The van der Waals surface area contributed by atoms with Crippen LogP contribution in [0.1, 0.15) is 18.1 Å². The molecule has 0 bridgehead atoms. The number of carbonyl (C=O) groups excluding carboxylic acids is 3. The molecule has 34 heavy (non-hydrogen) atoms. The van der Waals surface area contributed by atoms with Crippen LogP contribution < -0.4 is 19.7 Å². The first-order chi connectivity index (χ1) is 16.1. The number of terminal acetylenes is 1. The molecule has 0 radical (unpaired) electrons. The molecule has 0 unspecified atom stereocenters. The highest BCUT2D eigenvalue weighted by Gasteiger charge is 2.39. The maximum atomic E-state index is 13.2. The molecule has 11 heteroatoms. The van der Waals surface area contributed by atoms with Gasteiger partial charge in [-0.05, 0) is 48.9 Å². The van der Waals surface area contributed by atoms with Crippen LogP contribution in [0.25, 0.3) is 6.08 Å². The molecule has 1 N–H and O–H groups in total. The lowest BCUT2D eigenvalue weighted by atomic mass is 10.1. The van der Waals surface area contributed by atoms with Crippen molar-refractivity contribution >= 4 is 41.2 Å². The molecule has 2 aromatic carbocycles. The van der Waals surface area contributed by atoms with Gasteiger partial charge in [-0.3, -0.25) is 14.9 Å². The number of halogens is 4. The van der Waals surface area contributed by atoms with Gasteiger partial charge in [0.15, 0.2) is 11.5 Å². The molecular formula is C23H16ClF3N2O5. The average Bonchev–Trinajstić information content (AvgIpc) is 2.76. The zero-order valence-electron chi connectivity index (χ0n) is 17.5. The van der Waals surface area contributed by atoms with Crippen molar-refractivity contribution in [2.75, 3.05) is 18.1 Å². The van der Waals surface area contributed by atoms with Crippen molar-refractivity contribution < 1.29 is 37.0 Å². The van der Waals surface area contributed by atoms with E-state index in [9.17, 15) is 27.6 Å². The summed E-state index contributed by atoms with van der Waals surface area (Å²) in [5, 5.41) is 1.64. The predicted octanol–water partition coefficient (Wildman–Crippen LogP) is 4.44. The summed E-state index contributed by atoms with van der Waals surface area (Å²) >= 11 is 5.98. The summed E-state index contributed by atoms with van der Waals surface area (Å²) in [6.45, 7) is 1.99. The number of hydrogen-bond donors (Lipinski definition) is 1. The van der Waals surface area contributed by atoms with Crippen LogP contribution in [0.15, 0.2) is 42.0 Å². The topological polar surface area (TPSA) is 84.9 Å². The summed E-state index contributed by atoms with van der Waals surface area (Å²) in [4.78, 5) is 38.2. The summed E-state index contributed by atoms with van der Waals surface area (Å²) in [7, 11) is 0. The van der Waals surface area contributed by atoms with Crippen LogP contribution in [0.2, 0.25) is 5.02 Å². The number of ether oxygens (including phenoxy) is 2. The SMILES string of the molecule is C#CCOc1ccc(C=C2C(=O)NC(=O)N(c3cc(C(F)(F)F)ccc3Cl)C2=O)cc1OCC. The van der Waals surface area contributed by atoms with E-state index in [0.29, 0.717) is 28.3 Å². The maximum absolute atomic E-state index is 13.2. The summed E-state index contributed by atoms with van der Waals surface area (Å²) in [5.74, 6) is 0.744. The molecule has 0 saturated carbocycles. The van der Waals surface area contributed by atoms with Gasteiger partial charge in [0.25, 0.3) is 11.8 Å². The average molecular weight is 493 g/mol. The Bertz CT molecular complexity index is 1230. The van der Waals surface area contributed by atoms with Gasteiger partial charge >= 0.3 is 12.2 Å². The molecule has 0 aliphatic carbocycles. The Morgan fingerprint density at radius 1 is 1.12 bits per heavy atom. The van der Waals surface area contributed by atoms with Crippen LogP contribution >= 0.6 is 11.6 Å². The van der Waals surface area contributed by atoms with Crippen LogP contribution in [-0.2, 0) is 15.8 Å². The third-order valence-electron chi connectivity index (χ3n) is 4.51. The minimum absolute atomic E-state index is 0.0176. The largest absolute Gasteiger partial charge is 0.490 e. The zero-order valence-corrected chi connectivity index (χ0v) is 18.3. The number of nitrogens with one attached hydrogen (secondary N) is 1. The molecule has 0 atom stereocenters. The lowest BCUT2D eigenvalue weighted by Gasteiger charge is -2.27. The van der Waals surface area contributed by atoms with Gasteiger partial charge in [0.2, 0.25) is 0 Å². The molecule has 7 nitrogen and oxygen atoms in total. The van der Waals surface area contributed by atoms with E-state index in [1.54, 1.807) is 6.92 Å². The van der Waals surface area contributed by atoms with Crippen molar-refractivity contribution in [3.63, 3.8) is 0 Å². The predicted molar refractivity (Wildman–Crippen MR) is 117 cm³/mol. The molecule has 1 saturated heterocycles. The number of amides is 4. The summed E-state index contributed by atoms with van der Waals surface area (Å²) < 4.78 is 50.3. The van der Waals surface area contributed by atoms with Crippen LogP contribution in [0, 0.1) is 12.3 Å². The van der Waals surface area contributed by atoms with E-state index in [4.69, 9.17) is 27.5 Å². The number of rotatable bonds is 6.